The van der Waals surface area contributed by atoms with Crippen LogP contribution in [-0.2, 0) is 4.74 Å². The Morgan fingerprint density at radius 3 is 3.00 bits per heavy atom. The lowest BCUT2D eigenvalue weighted by Gasteiger charge is -2.17. The number of rotatable bonds is 6. The number of aryl methyl sites for hydroxylation is 1. The summed E-state index contributed by atoms with van der Waals surface area (Å²) < 4.78 is 5.06. The van der Waals surface area contributed by atoms with Crippen LogP contribution in [0, 0.1) is 6.92 Å². The van der Waals surface area contributed by atoms with Crippen molar-refractivity contribution in [3.63, 3.8) is 0 Å². The average molecular weight is 226 g/mol. The minimum atomic E-state index is -0.168. The third-order valence-corrected chi connectivity index (χ3v) is 2.10. The summed E-state index contributed by atoms with van der Waals surface area (Å²) in [7, 11) is 1.63. The van der Waals surface area contributed by atoms with Gasteiger partial charge in [0.25, 0.3) is 5.56 Å². The molecule has 0 radical (unpaired) electrons. The second-order valence-corrected chi connectivity index (χ2v) is 3.59. The first kappa shape index (κ1) is 12.7. The average Bonchev–Trinajstić information content (AvgIpc) is 2.16. The molecule has 90 valence electrons. The number of anilines is 1. The van der Waals surface area contributed by atoms with Crippen molar-refractivity contribution < 1.29 is 4.74 Å². The lowest BCUT2D eigenvalue weighted by molar-refractivity contribution is 0.183. The van der Waals surface area contributed by atoms with Crippen molar-refractivity contribution in [1.29, 1.82) is 0 Å². The summed E-state index contributed by atoms with van der Waals surface area (Å²) in [5.41, 5.74) is 5.32. The summed E-state index contributed by atoms with van der Waals surface area (Å²) in [5, 5.41) is 3.13. The monoisotopic (exact) mass is 226 g/mol. The van der Waals surface area contributed by atoms with Crippen molar-refractivity contribution >= 4 is 5.82 Å². The number of hydrogen-bond acceptors (Lipinski definition) is 5. The number of aromatic nitrogens is 2. The standard InChI is InChI=1S/C10H18N4O2/c1-7-12-9(5-10(15)13-7)14-8(3-4-11)6-16-2/h5,8H,3-4,6,11H2,1-2H3,(H2,12,13,14,15). The number of hydrogen-bond donors (Lipinski definition) is 3. The molecule has 0 aliphatic carbocycles. The van der Waals surface area contributed by atoms with E-state index in [2.05, 4.69) is 15.3 Å². The second-order valence-electron chi connectivity index (χ2n) is 3.59. The number of nitrogens with one attached hydrogen (secondary N) is 2. The maximum absolute atomic E-state index is 11.2. The Labute approximate surface area is 94.2 Å². The summed E-state index contributed by atoms with van der Waals surface area (Å²) in [6.07, 6.45) is 0.765. The summed E-state index contributed by atoms with van der Waals surface area (Å²) in [6, 6.07) is 1.50. The zero-order chi connectivity index (χ0) is 12.0. The lowest BCUT2D eigenvalue weighted by Crippen LogP contribution is -2.29. The van der Waals surface area contributed by atoms with Gasteiger partial charge in [-0.2, -0.15) is 0 Å². The summed E-state index contributed by atoms with van der Waals surface area (Å²) in [6.45, 7) is 2.83. The van der Waals surface area contributed by atoms with Crippen LogP contribution in [-0.4, -0.2) is 36.3 Å². The van der Waals surface area contributed by atoms with Crippen LogP contribution in [0.25, 0.3) is 0 Å². The van der Waals surface area contributed by atoms with E-state index in [-0.39, 0.29) is 11.6 Å². The van der Waals surface area contributed by atoms with Gasteiger partial charge in [0, 0.05) is 13.2 Å². The van der Waals surface area contributed by atoms with E-state index in [0.717, 1.165) is 6.42 Å². The molecule has 0 aliphatic rings. The van der Waals surface area contributed by atoms with Crippen LogP contribution in [0.2, 0.25) is 0 Å². The van der Waals surface area contributed by atoms with Gasteiger partial charge in [-0.3, -0.25) is 4.79 Å². The van der Waals surface area contributed by atoms with Crippen molar-refractivity contribution in [1.82, 2.24) is 9.97 Å². The molecule has 6 heteroatoms. The smallest absolute Gasteiger partial charge is 0.252 e. The van der Waals surface area contributed by atoms with Crippen LogP contribution in [0.3, 0.4) is 0 Å². The number of methoxy groups -OCH3 is 1. The topological polar surface area (TPSA) is 93.0 Å². The number of nitrogens with two attached hydrogens (primary N) is 1. The van der Waals surface area contributed by atoms with Crippen LogP contribution in [0.5, 0.6) is 0 Å². The number of aromatic amines is 1. The normalized spacial score (nSPS) is 12.4. The fourth-order valence-corrected chi connectivity index (χ4v) is 1.46. The van der Waals surface area contributed by atoms with E-state index in [0.29, 0.717) is 24.8 Å². The fraction of sp³-hybridized carbons (Fsp3) is 0.600. The van der Waals surface area contributed by atoms with E-state index in [1.54, 1.807) is 14.0 Å². The van der Waals surface area contributed by atoms with Gasteiger partial charge < -0.3 is 20.8 Å². The van der Waals surface area contributed by atoms with E-state index < -0.39 is 0 Å². The molecule has 1 heterocycles. The molecule has 6 nitrogen and oxygen atoms in total. The Kier molecular flexibility index (Phi) is 4.94. The highest BCUT2D eigenvalue weighted by Crippen LogP contribution is 2.04. The molecular weight excluding hydrogens is 208 g/mol. The van der Waals surface area contributed by atoms with Crippen molar-refractivity contribution in [2.45, 2.75) is 19.4 Å². The van der Waals surface area contributed by atoms with Gasteiger partial charge in [0.2, 0.25) is 0 Å². The van der Waals surface area contributed by atoms with E-state index >= 15 is 0 Å². The zero-order valence-electron chi connectivity index (χ0n) is 9.62. The number of ether oxygens (including phenoxy) is 1. The largest absolute Gasteiger partial charge is 0.383 e. The van der Waals surface area contributed by atoms with Crippen molar-refractivity contribution in [3.8, 4) is 0 Å². The van der Waals surface area contributed by atoms with Gasteiger partial charge in [-0.1, -0.05) is 0 Å². The van der Waals surface area contributed by atoms with Crippen LogP contribution in [0.4, 0.5) is 5.82 Å². The molecule has 1 aromatic heterocycles. The van der Waals surface area contributed by atoms with Crippen molar-refractivity contribution in [2.75, 3.05) is 25.6 Å². The van der Waals surface area contributed by atoms with Crippen LogP contribution < -0.4 is 16.6 Å². The number of nitrogens with zero attached hydrogens (tertiary/aromatic N) is 1. The van der Waals surface area contributed by atoms with Crippen LogP contribution >= 0.6 is 0 Å². The SMILES string of the molecule is COCC(CCN)Nc1cc(=O)[nH]c(C)n1. The van der Waals surface area contributed by atoms with Gasteiger partial charge >= 0.3 is 0 Å². The quantitative estimate of drug-likeness (QED) is 0.627. The second kappa shape index (κ2) is 6.24. The van der Waals surface area contributed by atoms with Crippen LogP contribution in [0.1, 0.15) is 12.2 Å². The first-order valence-electron chi connectivity index (χ1n) is 5.19. The molecule has 1 unspecified atom stereocenters. The molecular formula is C10H18N4O2. The van der Waals surface area contributed by atoms with Gasteiger partial charge in [0.05, 0.1) is 12.6 Å². The van der Waals surface area contributed by atoms with E-state index in [1.807, 2.05) is 0 Å². The highest BCUT2D eigenvalue weighted by molar-refractivity contribution is 5.34. The van der Waals surface area contributed by atoms with Crippen molar-refractivity contribution in [3.05, 3.63) is 22.2 Å². The Balaban J connectivity index is 2.72. The highest BCUT2D eigenvalue weighted by Gasteiger charge is 2.08. The molecule has 4 N–H and O–H groups in total. The minimum absolute atomic E-state index is 0.0729. The summed E-state index contributed by atoms with van der Waals surface area (Å²) in [5.74, 6) is 1.13. The van der Waals surface area contributed by atoms with E-state index in [4.69, 9.17) is 10.5 Å². The molecule has 0 spiro atoms. The third kappa shape index (κ3) is 4.00. The molecule has 0 saturated carbocycles. The first-order chi connectivity index (χ1) is 7.65. The maximum Gasteiger partial charge on any atom is 0.252 e. The van der Waals surface area contributed by atoms with E-state index in [9.17, 15) is 4.79 Å². The highest BCUT2D eigenvalue weighted by atomic mass is 16.5. The molecule has 0 aromatic carbocycles. The molecule has 0 saturated heterocycles. The Morgan fingerprint density at radius 1 is 1.69 bits per heavy atom. The zero-order valence-corrected chi connectivity index (χ0v) is 9.62. The number of H-pyrrole nitrogens is 1. The summed E-state index contributed by atoms with van der Waals surface area (Å²) in [4.78, 5) is 18.0. The van der Waals surface area contributed by atoms with Gasteiger partial charge in [-0.25, -0.2) is 4.98 Å². The lowest BCUT2D eigenvalue weighted by atomic mass is 10.2. The maximum atomic E-state index is 11.2. The molecule has 0 bridgehead atoms. The van der Waals surface area contributed by atoms with Crippen LogP contribution in [0.15, 0.2) is 10.9 Å². The van der Waals surface area contributed by atoms with Gasteiger partial charge in [0.1, 0.15) is 11.6 Å². The minimum Gasteiger partial charge on any atom is -0.383 e. The molecule has 0 aliphatic heterocycles. The molecule has 16 heavy (non-hydrogen) atoms. The van der Waals surface area contributed by atoms with Crippen molar-refractivity contribution in [2.24, 2.45) is 5.73 Å². The fourth-order valence-electron chi connectivity index (χ4n) is 1.46. The van der Waals surface area contributed by atoms with Gasteiger partial charge in [-0.15, -0.1) is 0 Å². The predicted molar refractivity (Wildman–Crippen MR) is 62.6 cm³/mol. The Bertz CT molecular complexity index is 371. The Hall–Kier alpha value is -1.40. The van der Waals surface area contributed by atoms with E-state index in [1.165, 1.54) is 6.07 Å². The molecule has 1 aromatic rings. The molecule has 1 rings (SSSR count). The third-order valence-electron chi connectivity index (χ3n) is 2.10. The Morgan fingerprint density at radius 2 is 2.44 bits per heavy atom. The first-order valence-corrected chi connectivity index (χ1v) is 5.19. The van der Waals surface area contributed by atoms with Gasteiger partial charge in [0.15, 0.2) is 0 Å². The predicted octanol–water partition coefficient (Wildman–Crippen LogP) is -0.146. The molecule has 1 atom stereocenters. The molecule has 0 amide bonds. The summed E-state index contributed by atoms with van der Waals surface area (Å²) >= 11 is 0. The molecule has 0 fully saturated rings. The van der Waals surface area contributed by atoms with Gasteiger partial charge in [-0.05, 0) is 19.9 Å².